The number of nitrogens with two attached hydrogens (primary N) is 1. The molecule has 0 amide bonds. The van der Waals surface area contributed by atoms with Crippen molar-refractivity contribution in [2.24, 2.45) is 5.73 Å². The number of carbonyl (C=O) groups is 3. The first-order valence-corrected chi connectivity index (χ1v) is 23.2. The quantitative estimate of drug-likeness (QED) is 0.0176. The summed E-state index contributed by atoms with van der Waals surface area (Å²) in [6.45, 7) is 2.55. The summed E-state index contributed by atoms with van der Waals surface area (Å²) in [6.07, 6.45) is 46.9. The zero-order valence-electron chi connectivity index (χ0n) is 35.7. The molecule has 1 heterocycles. The van der Waals surface area contributed by atoms with Gasteiger partial charge in [0.15, 0.2) is 6.10 Å². The Morgan fingerprint density at radius 1 is 0.644 bits per heavy atom. The molecule has 1 aliphatic heterocycles. The van der Waals surface area contributed by atoms with E-state index in [9.17, 15) is 23.8 Å². The van der Waals surface area contributed by atoms with Crippen LogP contribution in [0.4, 0.5) is 0 Å². The molecule has 3 unspecified atom stereocenters. The highest BCUT2D eigenvalue weighted by molar-refractivity contribution is 7.47. The number of epoxide rings is 1. The number of rotatable bonds is 38. The zero-order chi connectivity index (χ0) is 43.2. The Morgan fingerprint density at radius 2 is 1.19 bits per heavy atom. The standard InChI is InChI=1S/C46H74NO11P/c1-3-5-7-8-9-10-11-12-13-14-15-16-17-21-24-27-31-35-44(48)54-37-40(38-55-59(52,53)56-39-41(47)46(50)51)57-45(49)36-32-28-25-22-19-18-20-23-26-30-34-43-42(58-43)33-29-6-4-2/h5,7,9-10,12-13,15-16,18,20,22,25-26,30,40-43H,3-4,6,8,11,14,17,19,21,23-24,27-29,31-39,47H2,1-2H3,(H,50,51)(H,52,53)/b7-5-,10-9-,13-12-,16-15-,20-18-,25-22-,30-26-/t40-,41+,42?,43?/m1/s1. The fourth-order valence-electron chi connectivity index (χ4n) is 5.55. The number of hydrogen-bond donors (Lipinski definition) is 3. The molecule has 0 saturated carbocycles. The molecule has 5 atom stereocenters. The summed E-state index contributed by atoms with van der Waals surface area (Å²) in [5.74, 6) is -2.50. The first kappa shape index (κ1) is 53.6. The van der Waals surface area contributed by atoms with Crippen molar-refractivity contribution in [3.05, 3.63) is 85.1 Å². The van der Waals surface area contributed by atoms with Gasteiger partial charge in [0.25, 0.3) is 0 Å². The highest BCUT2D eigenvalue weighted by Crippen LogP contribution is 2.43. The molecule has 0 aliphatic carbocycles. The first-order valence-electron chi connectivity index (χ1n) is 21.7. The molecule has 1 rings (SSSR count). The molecule has 4 N–H and O–H groups in total. The van der Waals surface area contributed by atoms with Gasteiger partial charge in [-0.1, -0.05) is 131 Å². The van der Waals surface area contributed by atoms with Gasteiger partial charge in [-0.15, -0.1) is 0 Å². The van der Waals surface area contributed by atoms with Gasteiger partial charge in [-0.2, -0.15) is 0 Å². The van der Waals surface area contributed by atoms with Crippen LogP contribution in [0.2, 0.25) is 0 Å². The molecule has 1 saturated heterocycles. The summed E-state index contributed by atoms with van der Waals surface area (Å²) in [6, 6.07) is -1.54. The molecule has 334 valence electrons. The lowest BCUT2D eigenvalue weighted by molar-refractivity contribution is -0.161. The number of phosphoric ester groups is 1. The molecular weight excluding hydrogens is 773 g/mol. The van der Waals surface area contributed by atoms with Crippen LogP contribution in [0.1, 0.15) is 142 Å². The van der Waals surface area contributed by atoms with Crippen LogP contribution in [0.25, 0.3) is 0 Å². The van der Waals surface area contributed by atoms with Crippen molar-refractivity contribution in [1.82, 2.24) is 0 Å². The van der Waals surface area contributed by atoms with Gasteiger partial charge < -0.3 is 29.9 Å². The predicted octanol–water partition coefficient (Wildman–Crippen LogP) is 10.5. The van der Waals surface area contributed by atoms with Crippen LogP contribution in [-0.4, -0.2) is 72.1 Å². The lowest BCUT2D eigenvalue weighted by Crippen LogP contribution is -2.34. The number of ether oxygens (including phenoxy) is 3. The second-order valence-corrected chi connectivity index (χ2v) is 15.9. The van der Waals surface area contributed by atoms with Crippen LogP contribution in [0.15, 0.2) is 85.1 Å². The third kappa shape index (κ3) is 34.1. The van der Waals surface area contributed by atoms with Gasteiger partial charge in [-0.3, -0.25) is 23.4 Å². The molecular formula is C46H74NO11P. The van der Waals surface area contributed by atoms with Gasteiger partial charge in [0.1, 0.15) is 12.6 Å². The fourth-order valence-corrected chi connectivity index (χ4v) is 6.33. The highest BCUT2D eigenvalue weighted by atomic mass is 31.2. The lowest BCUT2D eigenvalue weighted by Gasteiger charge is -2.20. The van der Waals surface area contributed by atoms with Gasteiger partial charge in [0.05, 0.1) is 25.4 Å². The maximum absolute atomic E-state index is 12.6. The minimum atomic E-state index is -4.75. The molecule has 0 aromatic heterocycles. The van der Waals surface area contributed by atoms with E-state index < -0.39 is 51.1 Å². The van der Waals surface area contributed by atoms with Crippen LogP contribution in [0.3, 0.4) is 0 Å². The number of allylic oxidation sites excluding steroid dienone is 13. The second-order valence-electron chi connectivity index (χ2n) is 14.5. The van der Waals surface area contributed by atoms with Crippen molar-refractivity contribution >= 4 is 25.7 Å². The Morgan fingerprint density at radius 3 is 1.80 bits per heavy atom. The average molecular weight is 848 g/mol. The van der Waals surface area contributed by atoms with E-state index >= 15 is 0 Å². The molecule has 0 spiro atoms. The van der Waals surface area contributed by atoms with Gasteiger partial charge in [-0.25, -0.2) is 4.57 Å². The Balaban J connectivity index is 2.35. The van der Waals surface area contributed by atoms with E-state index in [1.807, 2.05) is 12.2 Å². The summed E-state index contributed by atoms with van der Waals surface area (Å²) in [5, 5.41) is 8.89. The van der Waals surface area contributed by atoms with E-state index in [2.05, 4.69) is 91.3 Å². The third-order valence-electron chi connectivity index (χ3n) is 9.05. The summed E-state index contributed by atoms with van der Waals surface area (Å²) >= 11 is 0. The van der Waals surface area contributed by atoms with E-state index in [0.717, 1.165) is 70.6 Å². The van der Waals surface area contributed by atoms with Crippen LogP contribution < -0.4 is 5.73 Å². The lowest BCUT2D eigenvalue weighted by atomic mass is 10.1. The molecule has 12 nitrogen and oxygen atoms in total. The fraction of sp³-hybridized carbons (Fsp3) is 0.630. The molecule has 0 aromatic rings. The molecule has 59 heavy (non-hydrogen) atoms. The largest absolute Gasteiger partial charge is 0.480 e. The number of esters is 2. The first-order chi connectivity index (χ1) is 28.6. The van der Waals surface area contributed by atoms with E-state index in [-0.39, 0.29) is 19.4 Å². The number of carbonyl (C=O) groups excluding carboxylic acids is 2. The predicted molar refractivity (Wildman–Crippen MR) is 235 cm³/mol. The Kier molecular flexibility index (Phi) is 33.2. The number of carboxylic acids is 1. The SMILES string of the molecule is CC/C=C\C/C=C\C/C=C\C/C=C\CCCCCCC(=O)OC[C@H](COP(=O)(O)OC[C@H](N)C(=O)O)OC(=O)CCC/C=C\C/C=C\C/C=C\CC1OC1CCCCC. The number of carboxylic acid groups (broad SMARTS) is 1. The van der Waals surface area contributed by atoms with E-state index in [1.54, 1.807) is 0 Å². The van der Waals surface area contributed by atoms with Crippen molar-refractivity contribution in [1.29, 1.82) is 0 Å². The van der Waals surface area contributed by atoms with E-state index in [1.165, 1.54) is 25.7 Å². The van der Waals surface area contributed by atoms with Crippen LogP contribution in [-0.2, 0) is 42.2 Å². The average Bonchev–Trinajstić information content (AvgIpc) is 3.97. The number of hydrogen-bond acceptors (Lipinski definition) is 10. The molecule has 0 bridgehead atoms. The Hall–Kier alpha value is -3.38. The van der Waals surface area contributed by atoms with Gasteiger partial charge in [0.2, 0.25) is 0 Å². The molecule has 13 heteroatoms. The van der Waals surface area contributed by atoms with E-state index in [4.69, 9.17) is 29.6 Å². The second kappa shape index (κ2) is 36.5. The van der Waals surface area contributed by atoms with E-state index in [0.29, 0.717) is 31.5 Å². The van der Waals surface area contributed by atoms with Gasteiger partial charge in [-0.05, 0) is 83.5 Å². The van der Waals surface area contributed by atoms with Crippen molar-refractivity contribution in [2.75, 3.05) is 19.8 Å². The van der Waals surface area contributed by atoms with Crippen molar-refractivity contribution in [3.8, 4) is 0 Å². The van der Waals surface area contributed by atoms with Crippen molar-refractivity contribution in [3.63, 3.8) is 0 Å². The van der Waals surface area contributed by atoms with Gasteiger partial charge in [0, 0.05) is 12.8 Å². The summed E-state index contributed by atoms with van der Waals surface area (Å²) in [7, 11) is -4.75. The molecule has 0 radical (unpaired) electrons. The molecule has 1 aliphatic rings. The van der Waals surface area contributed by atoms with Crippen LogP contribution in [0.5, 0.6) is 0 Å². The summed E-state index contributed by atoms with van der Waals surface area (Å²) in [5.41, 5.74) is 5.33. The zero-order valence-corrected chi connectivity index (χ0v) is 36.6. The minimum absolute atomic E-state index is 0.0707. The normalized spacial score (nSPS) is 18.0. The van der Waals surface area contributed by atoms with Crippen molar-refractivity contribution < 1.29 is 52.2 Å². The molecule has 1 fully saturated rings. The van der Waals surface area contributed by atoms with Crippen LogP contribution in [0, 0.1) is 0 Å². The summed E-state index contributed by atoms with van der Waals surface area (Å²) in [4.78, 5) is 46.0. The molecule has 0 aromatic carbocycles. The topological polar surface area (TPSA) is 184 Å². The Labute approximate surface area is 354 Å². The Bertz CT molecular complexity index is 1390. The third-order valence-corrected chi connectivity index (χ3v) is 10.0. The number of phosphoric acid groups is 1. The number of unbranched alkanes of at least 4 members (excludes halogenated alkanes) is 7. The maximum atomic E-state index is 12.6. The summed E-state index contributed by atoms with van der Waals surface area (Å²) < 4.78 is 38.3. The number of aliphatic carboxylic acids is 1. The van der Waals surface area contributed by atoms with Crippen molar-refractivity contribution in [2.45, 2.75) is 167 Å². The highest BCUT2D eigenvalue weighted by Gasteiger charge is 2.36. The smallest absolute Gasteiger partial charge is 0.472 e. The minimum Gasteiger partial charge on any atom is -0.480 e. The maximum Gasteiger partial charge on any atom is 0.472 e. The van der Waals surface area contributed by atoms with Crippen LogP contribution >= 0.6 is 7.82 Å². The van der Waals surface area contributed by atoms with Gasteiger partial charge >= 0.3 is 25.7 Å². The monoisotopic (exact) mass is 847 g/mol.